The van der Waals surface area contributed by atoms with Crippen LogP contribution in [0.1, 0.15) is 44.7 Å². The van der Waals surface area contributed by atoms with E-state index >= 15 is 0 Å². The van der Waals surface area contributed by atoms with Crippen LogP contribution in [0.15, 0.2) is 29.3 Å². The molecule has 0 bridgehead atoms. The highest BCUT2D eigenvalue weighted by atomic mass is 127. The first-order valence-corrected chi connectivity index (χ1v) is 12.1. The predicted molar refractivity (Wildman–Crippen MR) is 134 cm³/mol. The first-order chi connectivity index (χ1) is 13.8. The summed E-state index contributed by atoms with van der Waals surface area (Å²) in [6.45, 7) is 9.37. The van der Waals surface area contributed by atoms with Crippen LogP contribution in [0.2, 0.25) is 0 Å². The lowest BCUT2D eigenvalue weighted by Crippen LogP contribution is -2.40. The Morgan fingerprint density at radius 3 is 2.43 bits per heavy atom. The quantitative estimate of drug-likeness (QED) is 0.180. The number of guanidine groups is 1. The van der Waals surface area contributed by atoms with Crippen molar-refractivity contribution in [1.82, 2.24) is 14.9 Å². The van der Waals surface area contributed by atoms with E-state index < -0.39 is 10.0 Å². The normalized spacial score (nSPS) is 14.5. The summed E-state index contributed by atoms with van der Waals surface area (Å²) >= 11 is 0. The van der Waals surface area contributed by atoms with Crippen molar-refractivity contribution in [3.8, 4) is 0 Å². The third kappa shape index (κ3) is 10.9. The second kappa shape index (κ2) is 13.5. The Bertz CT molecular complexity index is 750. The molecule has 172 valence electrons. The highest BCUT2D eigenvalue weighted by Crippen LogP contribution is 2.28. The van der Waals surface area contributed by atoms with Gasteiger partial charge in [0.1, 0.15) is 0 Å². The van der Waals surface area contributed by atoms with Gasteiger partial charge in [-0.3, -0.25) is 0 Å². The molecule has 7 nitrogen and oxygen atoms in total. The van der Waals surface area contributed by atoms with E-state index in [1.807, 2.05) is 52.1 Å². The van der Waals surface area contributed by atoms with Gasteiger partial charge in [0.15, 0.2) is 5.96 Å². The molecular weight excluding hydrogens is 515 g/mol. The standard InChI is InChI=1S/C21H36N4O3S.HI/c1-5-22-21(25(4)12-13-28-15-19-8-9-19)23-14-18-6-10-20(11-7-18)16-29(26,27)24-17(2)3;/h6-7,10-11,17,19,24H,5,8-9,12-16H2,1-4H3,(H,22,23);1H. The molecule has 0 heterocycles. The predicted octanol–water partition coefficient (Wildman–Crippen LogP) is 2.96. The minimum Gasteiger partial charge on any atom is -0.379 e. The van der Waals surface area contributed by atoms with Gasteiger partial charge in [-0.15, -0.1) is 24.0 Å². The molecule has 0 aliphatic heterocycles. The first-order valence-electron chi connectivity index (χ1n) is 10.4. The van der Waals surface area contributed by atoms with Crippen molar-refractivity contribution >= 4 is 40.0 Å². The van der Waals surface area contributed by atoms with E-state index in [1.165, 1.54) is 12.8 Å². The van der Waals surface area contributed by atoms with Crippen molar-refractivity contribution < 1.29 is 13.2 Å². The largest absolute Gasteiger partial charge is 0.379 e. The van der Waals surface area contributed by atoms with E-state index in [9.17, 15) is 8.42 Å². The Morgan fingerprint density at radius 2 is 1.87 bits per heavy atom. The molecule has 1 saturated carbocycles. The fourth-order valence-electron chi connectivity index (χ4n) is 2.84. The van der Waals surface area contributed by atoms with Gasteiger partial charge in [0, 0.05) is 32.8 Å². The zero-order valence-corrected chi connectivity index (χ0v) is 21.7. The molecule has 9 heteroatoms. The lowest BCUT2D eigenvalue weighted by Gasteiger charge is -2.22. The Labute approximate surface area is 199 Å². The third-order valence-corrected chi connectivity index (χ3v) is 6.07. The van der Waals surface area contributed by atoms with Gasteiger partial charge in [0.2, 0.25) is 10.0 Å². The van der Waals surface area contributed by atoms with E-state index in [1.54, 1.807) is 0 Å². The molecule has 1 aliphatic carbocycles. The van der Waals surface area contributed by atoms with Crippen molar-refractivity contribution in [1.29, 1.82) is 0 Å². The summed E-state index contributed by atoms with van der Waals surface area (Å²) < 4.78 is 32.4. The number of halogens is 1. The van der Waals surface area contributed by atoms with Gasteiger partial charge in [-0.05, 0) is 50.7 Å². The lowest BCUT2D eigenvalue weighted by atomic mass is 10.1. The maximum absolute atomic E-state index is 12.0. The van der Waals surface area contributed by atoms with Crippen LogP contribution < -0.4 is 10.0 Å². The third-order valence-electron chi connectivity index (χ3n) is 4.52. The number of likely N-dealkylation sites (N-methyl/N-ethyl adjacent to an activating group) is 1. The summed E-state index contributed by atoms with van der Waals surface area (Å²) in [6, 6.07) is 7.48. The fraction of sp³-hybridized carbons (Fsp3) is 0.667. The van der Waals surface area contributed by atoms with Gasteiger partial charge in [-0.1, -0.05) is 24.3 Å². The van der Waals surface area contributed by atoms with Crippen molar-refractivity contribution in [2.45, 2.75) is 52.0 Å². The summed E-state index contributed by atoms with van der Waals surface area (Å²) in [4.78, 5) is 6.78. The highest BCUT2D eigenvalue weighted by Gasteiger charge is 2.21. The Kier molecular flexibility index (Phi) is 12.2. The van der Waals surface area contributed by atoms with Crippen molar-refractivity contribution in [2.24, 2.45) is 10.9 Å². The van der Waals surface area contributed by atoms with Crippen LogP contribution >= 0.6 is 24.0 Å². The molecule has 30 heavy (non-hydrogen) atoms. The van der Waals surface area contributed by atoms with Gasteiger partial charge in [0.25, 0.3) is 0 Å². The average Bonchev–Trinajstić information content (AvgIpc) is 3.46. The minimum atomic E-state index is -3.31. The molecule has 2 N–H and O–H groups in total. The number of ether oxygens (including phenoxy) is 1. The molecule has 1 aliphatic rings. The van der Waals surface area contributed by atoms with Gasteiger partial charge >= 0.3 is 0 Å². The molecule has 0 saturated heterocycles. The summed E-state index contributed by atoms with van der Waals surface area (Å²) in [5.74, 6) is 1.61. The van der Waals surface area contributed by atoms with Crippen molar-refractivity contribution in [3.05, 3.63) is 35.4 Å². The molecule has 0 radical (unpaired) electrons. The maximum atomic E-state index is 12.0. The summed E-state index contributed by atoms with van der Waals surface area (Å²) in [5.41, 5.74) is 1.81. The molecule has 0 amide bonds. The Hall–Kier alpha value is -0.910. The smallest absolute Gasteiger partial charge is 0.216 e. The minimum absolute atomic E-state index is 0. The van der Waals surface area contributed by atoms with Crippen molar-refractivity contribution in [2.75, 3.05) is 33.4 Å². The molecule has 0 unspecified atom stereocenters. The molecule has 1 fully saturated rings. The molecule has 0 aromatic heterocycles. The zero-order valence-electron chi connectivity index (χ0n) is 18.6. The number of rotatable bonds is 12. The Morgan fingerprint density at radius 1 is 1.23 bits per heavy atom. The number of nitrogens with zero attached hydrogens (tertiary/aromatic N) is 2. The molecule has 0 spiro atoms. The number of hydrogen-bond acceptors (Lipinski definition) is 4. The first kappa shape index (κ1) is 27.1. The summed E-state index contributed by atoms with van der Waals surface area (Å²) in [6.07, 6.45) is 2.61. The van der Waals surface area contributed by atoms with Crippen LogP contribution in [0.5, 0.6) is 0 Å². The molecule has 0 atom stereocenters. The van der Waals surface area contributed by atoms with Crippen LogP contribution in [-0.4, -0.2) is 58.7 Å². The van der Waals surface area contributed by atoms with Gasteiger partial charge in [-0.25, -0.2) is 18.1 Å². The number of sulfonamides is 1. The fourth-order valence-corrected chi connectivity index (χ4v) is 4.27. The van der Waals surface area contributed by atoms with E-state index in [0.717, 1.165) is 42.7 Å². The van der Waals surface area contributed by atoms with Gasteiger partial charge in [-0.2, -0.15) is 0 Å². The van der Waals surface area contributed by atoms with Gasteiger partial charge < -0.3 is 15.0 Å². The topological polar surface area (TPSA) is 83.0 Å². The highest BCUT2D eigenvalue weighted by molar-refractivity contribution is 14.0. The van der Waals surface area contributed by atoms with Crippen LogP contribution in [-0.2, 0) is 27.1 Å². The monoisotopic (exact) mass is 552 g/mol. The molecule has 1 aromatic rings. The van der Waals surface area contributed by atoms with Crippen LogP contribution in [0.3, 0.4) is 0 Å². The SMILES string of the molecule is CCNC(=NCc1ccc(CS(=O)(=O)NC(C)C)cc1)N(C)CCOCC1CC1.I. The maximum Gasteiger partial charge on any atom is 0.216 e. The lowest BCUT2D eigenvalue weighted by molar-refractivity contribution is 0.115. The van der Waals surface area contributed by atoms with Crippen LogP contribution in [0.4, 0.5) is 0 Å². The molecule has 1 aromatic carbocycles. The molecule has 2 rings (SSSR count). The zero-order chi connectivity index (χ0) is 21.3. The van der Waals surface area contributed by atoms with E-state index in [0.29, 0.717) is 13.2 Å². The average molecular weight is 553 g/mol. The van der Waals surface area contributed by atoms with E-state index in [4.69, 9.17) is 9.73 Å². The molecular formula is C21H37IN4O3S. The number of benzene rings is 1. The Balaban J connectivity index is 0.00000450. The van der Waals surface area contributed by atoms with Crippen molar-refractivity contribution in [3.63, 3.8) is 0 Å². The second-order valence-corrected chi connectivity index (χ2v) is 9.71. The summed E-state index contributed by atoms with van der Waals surface area (Å²) in [5, 5.41) is 3.31. The summed E-state index contributed by atoms with van der Waals surface area (Å²) in [7, 11) is -1.30. The number of aliphatic imine (C=N–C) groups is 1. The van der Waals surface area contributed by atoms with Crippen LogP contribution in [0, 0.1) is 5.92 Å². The second-order valence-electron chi connectivity index (χ2n) is 7.96. The van der Waals surface area contributed by atoms with E-state index in [2.05, 4.69) is 14.9 Å². The number of hydrogen-bond donors (Lipinski definition) is 2. The van der Waals surface area contributed by atoms with E-state index in [-0.39, 0.29) is 35.8 Å². The van der Waals surface area contributed by atoms with Gasteiger partial charge in [0.05, 0.1) is 18.9 Å². The van der Waals surface area contributed by atoms with Crippen LogP contribution in [0.25, 0.3) is 0 Å². The number of nitrogens with one attached hydrogen (secondary N) is 2.